The van der Waals surface area contributed by atoms with Gasteiger partial charge < -0.3 is 0 Å². The number of rotatable bonds is 13. The minimum Gasteiger partial charge on any atom is -0.0888 e. The van der Waals surface area contributed by atoms with Crippen molar-refractivity contribution in [2.45, 2.75) is 90.9 Å². The van der Waals surface area contributed by atoms with Gasteiger partial charge in [-0.2, -0.15) is 0 Å². The van der Waals surface area contributed by atoms with E-state index in [9.17, 15) is 0 Å². The Labute approximate surface area is 116 Å². The van der Waals surface area contributed by atoms with Crippen molar-refractivity contribution in [2.75, 3.05) is 0 Å². The smallest absolute Gasteiger partial charge is 0.0351 e. The van der Waals surface area contributed by atoms with E-state index >= 15 is 0 Å². The zero-order chi connectivity index (χ0) is 13.3. The van der Waals surface area contributed by atoms with Crippen LogP contribution < -0.4 is 0 Å². The predicted molar refractivity (Wildman–Crippen MR) is 85.0 cm³/mol. The van der Waals surface area contributed by atoms with E-state index in [1.807, 2.05) is 0 Å². The van der Waals surface area contributed by atoms with Crippen molar-refractivity contribution >= 4 is 0 Å². The van der Waals surface area contributed by atoms with Gasteiger partial charge in [-0.3, -0.25) is 0 Å². The topological polar surface area (TPSA) is 0 Å². The van der Waals surface area contributed by atoms with Gasteiger partial charge in [0.1, 0.15) is 0 Å². The lowest BCUT2D eigenvalue weighted by Crippen LogP contribution is -1.77. The molecule has 0 bridgehead atoms. The van der Waals surface area contributed by atoms with E-state index in [0.29, 0.717) is 0 Å². The Bertz CT molecular complexity index is 188. The fourth-order valence-corrected chi connectivity index (χ4v) is 2.09. The molecule has 18 heavy (non-hydrogen) atoms. The Kier molecular flexibility index (Phi) is 16.0. The molecule has 0 aliphatic heterocycles. The summed E-state index contributed by atoms with van der Waals surface area (Å²) in [6, 6.07) is 0. The zero-order valence-corrected chi connectivity index (χ0v) is 12.8. The molecule has 0 saturated carbocycles. The van der Waals surface area contributed by atoms with Crippen LogP contribution in [-0.2, 0) is 0 Å². The summed E-state index contributed by atoms with van der Waals surface area (Å²) in [5.74, 6) is 0. The molecule has 0 aliphatic carbocycles. The van der Waals surface area contributed by atoms with E-state index in [-0.39, 0.29) is 0 Å². The second kappa shape index (κ2) is 16.5. The van der Waals surface area contributed by atoms with Crippen molar-refractivity contribution in [1.29, 1.82) is 0 Å². The molecule has 0 aliphatic rings. The largest absolute Gasteiger partial charge is 0.0888 e. The van der Waals surface area contributed by atoms with Gasteiger partial charge in [-0.15, -0.1) is 0 Å². The molecule has 0 N–H and O–H groups in total. The summed E-state index contributed by atoms with van der Waals surface area (Å²) in [4.78, 5) is 0. The maximum Gasteiger partial charge on any atom is -0.0351 e. The molecule has 0 spiro atoms. The van der Waals surface area contributed by atoms with E-state index < -0.39 is 0 Å². The molecule has 0 saturated heterocycles. The molecule has 0 radical (unpaired) electrons. The predicted octanol–water partition coefficient (Wildman–Crippen LogP) is 6.82. The first-order chi connectivity index (χ1) is 8.91. The lowest BCUT2D eigenvalue weighted by molar-refractivity contribution is 0.649. The van der Waals surface area contributed by atoms with Gasteiger partial charge in [0.15, 0.2) is 0 Å². The standard InChI is InChI=1S/C18H34/c1-3-5-7-9-11-13-15-17-18-16-14-12-10-8-6-4-2/h5,7,14,16H,3-4,6,8-13,15,17-18H2,1-2H3/b7-5+,16-14+. The Morgan fingerprint density at radius 2 is 0.944 bits per heavy atom. The first-order valence-electron chi connectivity index (χ1n) is 8.21. The molecular formula is C18H34. The van der Waals surface area contributed by atoms with Crippen LogP contribution in [-0.4, -0.2) is 0 Å². The Hall–Kier alpha value is -0.520. The Morgan fingerprint density at radius 1 is 0.500 bits per heavy atom. The molecule has 0 nitrogen and oxygen atoms in total. The Balaban J connectivity index is 3.06. The minimum atomic E-state index is 1.18. The van der Waals surface area contributed by atoms with E-state index in [0.717, 1.165) is 0 Å². The molecule has 0 amide bonds. The third-order valence-electron chi connectivity index (χ3n) is 3.28. The normalized spacial score (nSPS) is 11.9. The van der Waals surface area contributed by atoms with Gasteiger partial charge in [0.05, 0.1) is 0 Å². The number of allylic oxidation sites excluding steroid dienone is 4. The zero-order valence-electron chi connectivity index (χ0n) is 12.8. The number of hydrogen-bond donors (Lipinski definition) is 0. The van der Waals surface area contributed by atoms with Crippen molar-refractivity contribution in [3.05, 3.63) is 24.3 Å². The maximum atomic E-state index is 2.39. The van der Waals surface area contributed by atoms with Gasteiger partial charge >= 0.3 is 0 Å². The third kappa shape index (κ3) is 15.5. The van der Waals surface area contributed by atoms with Gasteiger partial charge in [0.2, 0.25) is 0 Å². The molecule has 0 fully saturated rings. The van der Waals surface area contributed by atoms with E-state index in [1.54, 1.807) is 0 Å². The SMILES string of the molecule is CC/C=C/CCCCCC/C=C/CCCCCC. The fourth-order valence-electron chi connectivity index (χ4n) is 2.09. The highest BCUT2D eigenvalue weighted by Gasteiger charge is 1.88. The highest BCUT2D eigenvalue weighted by atomic mass is 13.9. The average molecular weight is 250 g/mol. The van der Waals surface area contributed by atoms with Gasteiger partial charge in [-0.05, 0) is 44.9 Å². The van der Waals surface area contributed by atoms with E-state index in [1.165, 1.54) is 77.0 Å². The second-order valence-corrected chi connectivity index (χ2v) is 5.19. The molecule has 0 aromatic carbocycles. The fraction of sp³-hybridized carbons (Fsp3) is 0.778. The highest BCUT2D eigenvalue weighted by Crippen LogP contribution is 2.08. The van der Waals surface area contributed by atoms with Crippen LogP contribution in [0.4, 0.5) is 0 Å². The minimum absolute atomic E-state index is 1.18. The van der Waals surface area contributed by atoms with Gasteiger partial charge in [-0.25, -0.2) is 0 Å². The average Bonchev–Trinajstić information content (AvgIpc) is 2.39. The van der Waals surface area contributed by atoms with Crippen LogP contribution in [0, 0.1) is 0 Å². The van der Waals surface area contributed by atoms with Crippen molar-refractivity contribution < 1.29 is 0 Å². The summed E-state index contributed by atoms with van der Waals surface area (Å²) in [5.41, 5.74) is 0. The summed E-state index contributed by atoms with van der Waals surface area (Å²) in [7, 11) is 0. The van der Waals surface area contributed by atoms with Crippen molar-refractivity contribution in [1.82, 2.24) is 0 Å². The van der Waals surface area contributed by atoms with Crippen LogP contribution in [0.15, 0.2) is 24.3 Å². The molecule has 0 unspecified atom stereocenters. The van der Waals surface area contributed by atoms with Crippen LogP contribution in [0.25, 0.3) is 0 Å². The van der Waals surface area contributed by atoms with Gasteiger partial charge in [-0.1, -0.05) is 70.3 Å². The van der Waals surface area contributed by atoms with Crippen LogP contribution in [0.3, 0.4) is 0 Å². The van der Waals surface area contributed by atoms with Crippen LogP contribution >= 0.6 is 0 Å². The van der Waals surface area contributed by atoms with Crippen molar-refractivity contribution in [2.24, 2.45) is 0 Å². The van der Waals surface area contributed by atoms with E-state index in [2.05, 4.69) is 38.2 Å². The molecule has 0 aromatic rings. The quantitative estimate of drug-likeness (QED) is 0.248. The number of hydrogen-bond acceptors (Lipinski definition) is 0. The number of unbranched alkanes of at least 4 members (excludes halogenated alkanes) is 9. The molecular weight excluding hydrogens is 216 g/mol. The monoisotopic (exact) mass is 250 g/mol. The maximum absolute atomic E-state index is 2.39. The first kappa shape index (κ1) is 17.5. The van der Waals surface area contributed by atoms with E-state index in [4.69, 9.17) is 0 Å². The van der Waals surface area contributed by atoms with Crippen LogP contribution in [0.1, 0.15) is 90.9 Å². The Morgan fingerprint density at radius 3 is 1.39 bits per heavy atom. The third-order valence-corrected chi connectivity index (χ3v) is 3.28. The lowest BCUT2D eigenvalue weighted by atomic mass is 10.1. The van der Waals surface area contributed by atoms with Gasteiger partial charge in [0, 0.05) is 0 Å². The van der Waals surface area contributed by atoms with Gasteiger partial charge in [0.25, 0.3) is 0 Å². The molecule has 0 atom stereocenters. The van der Waals surface area contributed by atoms with Crippen LogP contribution in [0.5, 0.6) is 0 Å². The molecule has 0 heteroatoms. The summed E-state index contributed by atoms with van der Waals surface area (Å²) < 4.78 is 0. The molecule has 0 heterocycles. The molecule has 106 valence electrons. The summed E-state index contributed by atoms with van der Waals surface area (Å²) in [6.07, 6.45) is 25.5. The summed E-state index contributed by atoms with van der Waals surface area (Å²) in [6.45, 7) is 4.47. The lowest BCUT2D eigenvalue weighted by Gasteiger charge is -1.97. The summed E-state index contributed by atoms with van der Waals surface area (Å²) in [5, 5.41) is 0. The molecule has 0 rings (SSSR count). The summed E-state index contributed by atoms with van der Waals surface area (Å²) >= 11 is 0. The second-order valence-electron chi connectivity index (χ2n) is 5.19. The van der Waals surface area contributed by atoms with Crippen LogP contribution in [0.2, 0.25) is 0 Å². The van der Waals surface area contributed by atoms with Crippen molar-refractivity contribution in [3.63, 3.8) is 0 Å². The van der Waals surface area contributed by atoms with Crippen molar-refractivity contribution in [3.8, 4) is 0 Å². The first-order valence-corrected chi connectivity index (χ1v) is 8.21. The molecule has 0 aromatic heterocycles. The highest BCUT2D eigenvalue weighted by molar-refractivity contribution is 4.82.